The van der Waals surface area contributed by atoms with E-state index in [2.05, 4.69) is 10.3 Å². The van der Waals surface area contributed by atoms with E-state index in [-0.39, 0.29) is 5.91 Å². The van der Waals surface area contributed by atoms with Crippen molar-refractivity contribution < 1.29 is 13.6 Å². The van der Waals surface area contributed by atoms with Gasteiger partial charge >= 0.3 is 5.76 Å². The number of nitrogens with one attached hydrogen (secondary N) is 2. The molecule has 2 N–H and O–H groups in total. The van der Waals surface area contributed by atoms with Crippen molar-refractivity contribution in [3.8, 4) is 0 Å². The van der Waals surface area contributed by atoms with Gasteiger partial charge in [-0.1, -0.05) is 18.2 Å². The van der Waals surface area contributed by atoms with Gasteiger partial charge < -0.3 is 9.73 Å². The molecule has 23 heavy (non-hydrogen) atoms. The van der Waals surface area contributed by atoms with Crippen molar-refractivity contribution in [1.82, 2.24) is 4.98 Å². The first-order valence-corrected chi connectivity index (χ1v) is 6.90. The lowest BCUT2D eigenvalue weighted by atomic mass is 10.1. The van der Waals surface area contributed by atoms with Crippen molar-refractivity contribution in [3.63, 3.8) is 0 Å². The highest BCUT2D eigenvalue weighted by Gasteiger charge is 2.08. The lowest BCUT2D eigenvalue weighted by molar-refractivity contribution is -0.112. The monoisotopic (exact) mass is 312 g/mol. The van der Waals surface area contributed by atoms with Gasteiger partial charge in [-0.3, -0.25) is 9.78 Å². The van der Waals surface area contributed by atoms with Crippen molar-refractivity contribution in [2.75, 3.05) is 5.32 Å². The number of benzene rings is 2. The van der Waals surface area contributed by atoms with Crippen LogP contribution in [0.2, 0.25) is 0 Å². The highest BCUT2D eigenvalue weighted by Crippen LogP contribution is 2.17. The Balaban J connectivity index is 1.82. The number of aromatic amines is 1. The molecule has 0 aliphatic rings. The number of aromatic nitrogens is 1. The van der Waals surface area contributed by atoms with Gasteiger partial charge in [0.05, 0.1) is 5.52 Å². The van der Waals surface area contributed by atoms with Crippen LogP contribution in [0.4, 0.5) is 10.1 Å². The molecule has 0 saturated heterocycles. The minimum atomic E-state index is -0.556. The number of hydrogen-bond donors (Lipinski definition) is 2. The van der Waals surface area contributed by atoms with Crippen LogP contribution in [-0.4, -0.2) is 10.9 Å². The highest BCUT2D eigenvalue weighted by atomic mass is 19.1. The Hall–Kier alpha value is -3.15. The summed E-state index contributed by atoms with van der Waals surface area (Å²) in [5.74, 6) is -1.31. The van der Waals surface area contributed by atoms with Gasteiger partial charge in [-0.05, 0) is 37.3 Å². The molecule has 3 aromatic rings. The second kappa shape index (κ2) is 5.92. The third-order valence-electron chi connectivity index (χ3n) is 3.31. The van der Waals surface area contributed by atoms with Crippen LogP contribution >= 0.6 is 0 Å². The predicted octanol–water partition coefficient (Wildman–Crippen LogP) is 3.30. The van der Waals surface area contributed by atoms with E-state index in [1.165, 1.54) is 12.1 Å². The predicted molar refractivity (Wildman–Crippen MR) is 85.5 cm³/mol. The van der Waals surface area contributed by atoms with Gasteiger partial charge in [0.2, 0.25) is 0 Å². The number of oxazole rings is 1. The smallest absolute Gasteiger partial charge is 0.408 e. The Labute approximate surface area is 130 Å². The Morgan fingerprint density at radius 1 is 1.26 bits per heavy atom. The van der Waals surface area contributed by atoms with Gasteiger partial charge in [0, 0.05) is 16.8 Å². The van der Waals surface area contributed by atoms with E-state index < -0.39 is 11.6 Å². The summed E-state index contributed by atoms with van der Waals surface area (Å²) in [7, 11) is 0. The maximum absolute atomic E-state index is 13.6. The molecule has 1 amide bonds. The molecule has 0 atom stereocenters. The van der Waals surface area contributed by atoms with E-state index in [4.69, 9.17) is 4.42 Å². The number of H-pyrrole nitrogens is 1. The molecule has 0 saturated carbocycles. The number of amides is 1. The number of anilines is 1. The third kappa shape index (κ3) is 3.21. The molecule has 0 bridgehead atoms. The number of carbonyl (C=O) groups is 1. The van der Waals surface area contributed by atoms with Crippen LogP contribution in [0.25, 0.3) is 17.2 Å². The van der Waals surface area contributed by atoms with Crippen molar-refractivity contribution >= 4 is 28.8 Å². The summed E-state index contributed by atoms with van der Waals surface area (Å²) in [6, 6.07) is 11.0. The first-order valence-electron chi connectivity index (χ1n) is 6.90. The second-order valence-corrected chi connectivity index (χ2v) is 5.03. The number of hydrogen-bond acceptors (Lipinski definition) is 3. The number of carbonyl (C=O) groups excluding carboxylic acids is 1. The largest absolute Gasteiger partial charge is 0.417 e. The summed E-state index contributed by atoms with van der Waals surface area (Å²) in [6.45, 7) is 1.60. The van der Waals surface area contributed by atoms with Gasteiger partial charge in [0.15, 0.2) is 5.58 Å². The standard InChI is InChI=1S/C17H13FN2O3/c1-10(8-11-4-2-3-5-13(11)18)16(21)19-12-6-7-15-14(9-12)20-17(22)23-15/h2-9H,1H3,(H,19,21)(H,20,22)/b10-8+. The Morgan fingerprint density at radius 2 is 2.04 bits per heavy atom. The average Bonchev–Trinajstić information content (AvgIpc) is 2.88. The van der Waals surface area contributed by atoms with Crippen molar-refractivity contribution in [2.45, 2.75) is 6.92 Å². The van der Waals surface area contributed by atoms with E-state index in [0.29, 0.717) is 27.9 Å². The zero-order valence-corrected chi connectivity index (χ0v) is 12.2. The second-order valence-electron chi connectivity index (χ2n) is 5.03. The van der Waals surface area contributed by atoms with E-state index in [1.54, 1.807) is 43.3 Å². The first kappa shape index (κ1) is 14.8. The summed E-state index contributed by atoms with van der Waals surface area (Å²) in [4.78, 5) is 25.8. The molecule has 0 spiro atoms. The molecule has 0 aliphatic heterocycles. The molecule has 6 heteroatoms. The molecule has 0 aliphatic carbocycles. The van der Waals surface area contributed by atoms with Gasteiger partial charge in [-0.25, -0.2) is 9.18 Å². The molecule has 3 rings (SSSR count). The fourth-order valence-electron chi connectivity index (χ4n) is 2.15. The van der Waals surface area contributed by atoms with Crippen LogP contribution in [0, 0.1) is 5.82 Å². The van der Waals surface area contributed by atoms with Crippen LogP contribution in [0.1, 0.15) is 12.5 Å². The van der Waals surface area contributed by atoms with E-state index in [1.807, 2.05) is 0 Å². The van der Waals surface area contributed by atoms with Crippen molar-refractivity contribution in [1.29, 1.82) is 0 Å². The molecule has 0 radical (unpaired) electrons. The molecule has 5 nitrogen and oxygen atoms in total. The fraction of sp³-hybridized carbons (Fsp3) is 0.0588. The van der Waals surface area contributed by atoms with Crippen LogP contribution in [0.5, 0.6) is 0 Å². The molecule has 0 unspecified atom stereocenters. The average molecular weight is 312 g/mol. The quantitative estimate of drug-likeness (QED) is 0.729. The van der Waals surface area contributed by atoms with Crippen molar-refractivity contribution in [3.05, 3.63) is 70.0 Å². The lowest BCUT2D eigenvalue weighted by Crippen LogP contribution is -2.12. The van der Waals surface area contributed by atoms with E-state index >= 15 is 0 Å². The molecule has 0 fully saturated rings. The number of halogens is 1. The van der Waals surface area contributed by atoms with Crippen LogP contribution in [0.15, 0.2) is 57.2 Å². The Bertz CT molecular complexity index is 969. The highest BCUT2D eigenvalue weighted by molar-refractivity contribution is 6.06. The molecule has 116 valence electrons. The van der Waals surface area contributed by atoms with Crippen LogP contribution in [-0.2, 0) is 4.79 Å². The summed E-state index contributed by atoms with van der Waals surface area (Å²) in [5.41, 5.74) is 2.10. The van der Waals surface area contributed by atoms with E-state index in [9.17, 15) is 14.0 Å². The molecule has 2 aromatic carbocycles. The Kier molecular flexibility index (Phi) is 3.80. The topological polar surface area (TPSA) is 75.1 Å². The SMILES string of the molecule is C/C(=C\c1ccccc1F)C(=O)Nc1ccc2oc(=O)[nH]c2c1. The zero-order chi connectivity index (χ0) is 16.4. The van der Waals surface area contributed by atoms with Crippen LogP contribution in [0.3, 0.4) is 0 Å². The van der Waals surface area contributed by atoms with Crippen LogP contribution < -0.4 is 11.1 Å². The number of rotatable bonds is 3. The summed E-state index contributed by atoms with van der Waals surface area (Å²) < 4.78 is 18.5. The summed E-state index contributed by atoms with van der Waals surface area (Å²) in [6.07, 6.45) is 1.48. The summed E-state index contributed by atoms with van der Waals surface area (Å²) >= 11 is 0. The number of fused-ring (bicyclic) bond motifs is 1. The van der Waals surface area contributed by atoms with Gasteiger partial charge in [0.25, 0.3) is 5.91 Å². The zero-order valence-electron chi connectivity index (χ0n) is 12.2. The van der Waals surface area contributed by atoms with Gasteiger partial charge in [-0.2, -0.15) is 0 Å². The molecular formula is C17H13FN2O3. The minimum Gasteiger partial charge on any atom is -0.408 e. The molecule has 1 heterocycles. The lowest BCUT2D eigenvalue weighted by Gasteiger charge is -2.06. The first-order chi connectivity index (χ1) is 11.0. The third-order valence-corrected chi connectivity index (χ3v) is 3.31. The fourth-order valence-corrected chi connectivity index (χ4v) is 2.15. The minimum absolute atomic E-state index is 0.342. The normalized spacial score (nSPS) is 11.7. The summed E-state index contributed by atoms with van der Waals surface area (Å²) in [5, 5.41) is 2.69. The Morgan fingerprint density at radius 3 is 2.83 bits per heavy atom. The van der Waals surface area contributed by atoms with Crippen molar-refractivity contribution in [2.24, 2.45) is 0 Å². The molecular weight excluding hydrogens is 299 g/mol. The maximum atomic E-state index is 13.6. The maximum Gasteiger partial charge on any atom is 0.417 e. The van der Waals surface area contributed by atoms with Gasteiger partial charge in [0.1, 0.15) is 5.82 Å². The van der Waals surface area contributed by atoms with Gasteiger partial charge in [-0.15, -0.1) is 0 Å². The van der Waals surface area contributed by atoms with E-state index in [0.717, 1.165) is 0 Å². The molecule has 1 aromatic heterocycles.